The molecule has 1 atom stereocenters. The monoisotopic (exact) mass is 289 g/mol. The van der Waals surface area contributed by atoms with Crippen LogP contribution in [0.5, 0.6) is 0 Å². The minimum absolute atomic E-state index is 0.430. The molecule has 0 spiro atoms. The maximum absolute atomic E-state index is 3.48. The van der Waals surface area contributed by atoms with Crippen LogP contribution in [0.4, 0.5) is 0 Å². The lowest BCUT2D eigenvalue weighted by atomic mass is 9.99. The number of nitrogens with zero attached hydrogens (tertiary/aromatic N) is 2. The van der Waals surface area contributed by atoms with Gasteiger partial charge in [-0.05, 0) is 30.6 Å². The van der Waals surface area contributed by atoms with Crippen molar-refractivity contribution in [2.45, 2.75) is 32.7 Å². The molecule has 1 saturated heterocycles. The van der Waals surface area contributed by atoms with Crippen molar-refractivity contribution >= 4 is 0 Å². The van der Waals surface area contributed by atoms with Gasteiger partial charge in [-0.1, -0.05) is 45.0 Å². The molecule has 3 nitrogen and oxygen atoms in total. The van der Waals surface area contributed by atoms with Gasteiger partial charge in [0, 0.05) is 38.8 Å². The average Bonchev–Trinajstić information content (AvgIpc) is 2.53. The highest BCUT2D eigenvalue weighted by Gasteiger charge is 2.19. The number of nitrogens with one attached hydrogen (secondary N) is 1. The lowest BCUT2D eigenvalue weighted by molar-refractivity contribution is 0.128. The third-order valence-electron chi connectivity index (χ3n) is 4.71. The summed E-state index contributed by atoms with van der Waals surface area (Å²) in [6, 6.07) is 9.57. The average molecular weight is 289 g/mol. The van der Waals surface area contributed by atoms with Gasteiger partial charge >= 0.3 is 0 Å². The molecule has 118 valence electrons. The van der Waals surface area contributed by atoms with Crippen LogP contribution in [0.1, 0.15) is 43.9 Å². The first-order valence-corrected chi connectivity index (χ1v) is 8.35. The smallest absolute Gasteiger partial charge is 0.0446 e. The van der Waals surface area contributed by atoms with E-state index in [0.29, 0.717) is 12.0 Å². The van der Waals surface area contributed by atoms with Gasteiger partial charge in [0.1, 0.15) is 0 Å². The summed E-state index contributed by atoms with van der Waals surface area (Å²) in [5, 5.41) is 3.48. The van der Waals surface area contributed by atoms with Gasteiger partial charge in [-0.15, -0.1) is 0 Å². The molecule has 0 amide bonds. The first kappa shape index (κ1) is 16.5. The second-order valence-corrected chi connectivity index (χ2v) is 6.40. The second kappa shape index (κ2) is 7.92. The number of hydrogen-bond acceptors (Lipinski definition) is 3. The topological polar surface area (TPSA) is 18.5 Å². The fourth-order valence-electron chi connectivity index (χ4n) is 3.02. The van der Waals surface area contributed by atoms with Crippen LogP contribution >= 0.6 is 0 Å². The van der Waals surface area contributed by atoms with Gasteiger partial charge in [-0.2, -0.15) is 0 Å². The molecule has 0 saturated carbocycles. The van der Waals surface area contributed by atoms with Gasteiger partial charge in [0.15, 0.2) is 0 Å². The maximum atomic E-state index is 3.48. The van der Waals surface area contributed by atoms with E-state index in [1.165, 1.54) is 43.9 Å². The molecule has 2 rings (SSSR count). The number of hydrogen-bond donors (Lipinski definition) is 1. The Morgan fingerprint density at radius 2 is 1.48 bits per heavy atom. The minimum Gasteiger partial charge on any atom is -0.312 e. The highest BCUT2D eigenvalue weighted by Crippen LogP contribution is 2.20. The van der Waals surface area contributed by atoms with Crippen LogP contribution in [-0.4, -0.2) is 56.1 Å². The summed E-state index contributed by atoms with van der Waals surface area (Å²) in [6.07, 6.45) is 0. The molecule has 1 N–H and O–H groups in total. The van der Waals surface area contributed by atoms with Gasteiger partial charge in [0.05, 0.1) is 0 Å². The van der Waals surface area contributed by atoms with Crippen molar-refractivity contribution in [1.82, 2.24) is 15.1 Å². The Bertz CT molecular complexity index is 405. The van der Waals surface area contributed by atoms with E-state index < -0.39 is 0 Å². The van der Waals surface area contributed by atoms with E-state index >= 15 is 0 Å². The van der Waals surface area contributed by atoms with E-state index in [-0.39, 0.29) is 0 Å². The van der Waals surface area contributed by atoms with Crippen molar-refractivity contribution in [3.05, 3.63) is 35.4 Å². The van der Waals surface area contributed by atoms with E-state index in [2.05, 4.69) is 67.2 Å². The predicted molar refractivity (Wildman–Crippen MR) is 90.9 cm³/mol. The molecule has 0 aliphatic carbocycles. The maximum Gasteiger partial charge on any atom is 0.0446 e. The molecule has 0 bridgehead atoms. The highest BCUT2D eigenvalue weighted by atomic mass is 15.3. The summed E-state index contributed by atoms with van der Waals surface area (Å²) in [5.74, 6) is 0.606. The van der Waals surface area contributed by atoms with Crippen LogP contribution in [0, 0.1) is 0 Å². The van der Waals surface area contributed by atoms with Crippen molar-refractivity contribution in [2.24, 2.45) is 0 Å². The van der Waals surface area contributed by atoms with Crippen LogP contribution in [0.25, 0.3) is 0 Å². The van der Waals surface area contributed by atoms with Gasteiger partial charge in [0.2, 0.25) is 0 Å². The van der Waals surface area contributed by atoms with Crippen molar-refractivity contribution < 1.29 is 0 Å². The molecule has 3 heteroatoms. The molecule has 1 aliphatic heterocycles. The number of benzene rings is 1. The zero-order valence-electron chi connectivity index (χ0n) is 14.1. The van der Waals surface area contributed by atoms with E-state index in [9.17, 15) is 0 Å². The van der Waals surface area contributed by atoms with Gasteiger partial charge < -0.3 is 10.2 Å². The Labute approximate surface area is 130 Å². The van der Waals surface area contributed by atoms with E-state index in [1.807, 2.05) is 0 Å². The van der Waals surface area contributed by atoms with E-state index in [0.717, 1.165) is 6.54 Å². The number of likely N-dealkylation sites (N-methyl/N-ethyl adjacent to an activating group) is 2. The van der Waals surface area contributed by atoms with Crippen molar-refractivity contribution in [2.75, 3.05) is 46.3 Å². The summed E-state index contributed by atoms with van der Waals surface area (Å²) < 4.78 is 0. The molecule has 21 heavy (non-hydrogen) atoms. The first-order valence-electron chi connectivity index (χ1n) is 8.35. The Hall–Kier alpha value is -0.900. The molecule has 1 aliphatic rings. The molecule has 0 aromatic heterocycles. The zero-order chi connectivity index (χ0) is 15.2. The standard InChI is InChI=1S/C18H31N3/c1-5-20-10-12-21(13-11-20)14-18(19-4)17-8-6-16(7-9-17)15(2)3/h6-9,15,18-19H,5,10-14H2,1-4H3. The summed E-state index contributed by atoms with van der Waals surface area (Å²) in [5.41, 5.74) is 2.82. The van der Waals surface area contributed by atoms with Gasteiger partial charge in [-0.25, -0.2) is 0 Å². The molecule has 1 fully saturated rings. The zero-order valence-corrected chi connectivity index (χ0v) is 14.1. The molecule has 1 unspecified atom stereocenters. The molecule has 0 radical (unpaired) electrons. The van der Waals surface area contributed by atoms with Crippen molar-refractivity contribution in [3.63, 3.8) is 0 Å². The first-order chi connectivity index (χ1) is 10.1. The molecular weight excluding hydrogens is 258 g/mol. The predicted octanol–water partition coefficient (Wildman–Crippen LogP) is 2.71. The Morgan fingerprint density at radius 3 is 1.95 bits per heavy atom. The Balaban J connectivity index is 1.93. The third-order valence-corrected chi connectivity index (χ3v) is 4.71. The fraction of sp³-hybridized carbons (Fsp3) is 0.667. The Kier molecular flexibility index (Phi) is 6.22. The van der Waals surface area contributed by atoms with Crippen molar-refractivity contribution in [1.29, 1.82) is 0 Å². The van der Waals surface area contributed by atoms with Crippen LogP contribution < -0.4 is 5.32 Å². The van der Waals surface area contributed by atoms with E-state index in [4.69, 9.17) is 0 Å². The molecule has 1 aromatic carbocycles. The largest absolute Gasteiger partial charge is 0.312 e. The van der Waals surface area contributed by atoms with Crippen molar-refractivity contribution in [3.8, 4) is 0 Å². The quantitative estimate of drug-likeness (QED) is 0.869. The molecule has 1 heterocycles. The Morgan fingerprint density at radius 1 is 0.952 bits per heavy atom. The summed E-state index contributed by atoms with van der Waals surface area (Å²) >= 11 is 0. The normalized spacial score (nSPS) is 19.1. The molecule has 1 aromatic rings. The minimum atomic E-state index is 0.430. The SMILES string of the molecule is CCN1CCN(CC(NC)c2ccc(C(C)C)cc2)CC1. The lowest BCUT2D eigenvalue weighted by Crippen LogP contribution is -2.48. The lowest BCUT2D eigenvalue weighted by Gasteiger charge is -2.36. The van der Waals surface area contributed by atoms with Crippen LogP contribution in [0.2, 0.25) is 0 Å². The summed E-state index contributed by atoms with van der Waals surface area (Å²) in [4.78, 5) is 5.12. The summed E-state index contributed by atoms with van der Waals surface area (Å²) in [7, 11) is 2.07. The second-order valence-electron chi connectivity index (χ2n) is 6.40. The number of piperazine rings is 1. The fourth-order valence-corrected chi connectivity index (χ4v) is 3.02. The van der Waals surface area contributed by atoms with Gasteiger partial charge in [-0.3, -0.25) is 4.90 Å². The number of rotatable bonds is 6. The third kappa shape index (κ3) is 4.53. The van der Waals surface area contributed by atoms with Crippen LogP contribution in [-0.2, 0) is 0 Å². The van der Waals surface area contributed by atoms with Crippen LogP contribution in [0.3, 0.4) is 0 Å². The van der Waals surface area contributed by atoms with Crippen LogP contribution in [0.15, 0.2) is 24.3 Å². The molecular formula is C18H31N3. The van der Waals surface area contributed by atoms with E-state index in [1.54, 1.807) is 0 Å². The highest BCUT2D eigenvalue weighted by molar-refractivity contribution is 5.27. The summed E-state index contributed by atoms with van der Waals surface area (Å²) in [6.45, 7) is 13.8. The van der Waals surface area contributed by atoms with Gasteiger partial charge in [0.25, 0.3) is 0 Å².